The van der Waals surface area contributed by atoms with Gasteiger partial charge >= 0.3 is 12.4 Å². The van der Waals surface area contributed by atoms with Crippen LogP contribution < -0.4 is 15.6 Å². The molecular weight excluding hydrogens is 787 g/mol. The zero-order valence-corrected chi connectivity index (χ0v) is 30.2. The maximum Gasteiger partial charge on any atom is 0.416 e. The molecule has 0 unspecified atom stereocenters. The van der Waals surface area contributed by atoms with E-state index in [0.717, 1.165) is 0 Å². The monoisotopic (exact) mass is 817 g/mol. The van der Waals surface area contributed by atoms with Gasteiger partial charge in [-0.1, -0.05) is 47.5 Å². The normalized spacial score (nSPS) is 17.5. The predicted octanol–water partition coefficient (Wildman–Crippen LogP) is 7.73. The standard InChI is InChI=1S/C36H31Cl2F6N3O6S/c37-26-9-12-29(30(38)20-26)31-34(13-16-54(50,51)28-5-2-1-3-6-28,46-32(53-31)23-7-10-27(11-8-23)52-15-4-14-48)33(49)47-45-21-22-17-24(35(39,40)41)19-25(18-22)36(42,43)44/h1-3,5-12,17-20,31,45,48H,4,13-16,21H2,(H,47,49)/t31-,34-/m0/s1. The Labute approximate surface area is 315 Å². The molecule has 54 heavy (non-hydrogen) atoms. The Morgan fingerprint density at radius 3 is 2.15 bits per heavy atom. The van der Waals surface area contributed by atoms with E-state index < -0.39 is 75.1 Å². The summed E-state index contributed by atoms with van der Waals surface area (Å²) < 4.78 is 120. The van der Waals surface area contributed by atoms with E-state index in [1.54, 1.807) is 30.3 Å². The van der Waals surface area contributed by atoms with E-state index in [0.29, 0.717) is 29.9 Å². The minimum absolute atomic E-state index is 0.0232. The molecular formula is C36H31Cl2F6N3O6S. The highest BCUT2D eigenvalue weighted by molar-refractivity contribution is 7.91. The number of hydrogen-bond acceptors (Lipinski definition) is 8. The van der Waals surface area contributed by atoms with Crippen molar-refractivity contribution in [3.8, 4) is 5.75 Å². The summed E-state index contributed by atoms with van der Waals surface area (Å²) in [4.78, 5) is 19.0. The molecule has 1 aliphatic heterocycles. The van der Waals surface area contributed by atoms with Crippen molar-refractivity contribution in [3.63, 3.8) is 0 Å². The summed E-state index contributed by atoms with van der Waals surface area (Å²) >= 11 is 12.7. The van der Waals surface area contributed by atoms with Gasteiger partial charge in [0.05, 0.1) is 28.4 Å². The van der Waals surface area contributed by atoms with Crippen LogP contribution in [0.3, 0.4) is 0 Å². The fraction of sp³-hybridized carbons (Fsp3) is 0.278. The first kappa shape index (κ1) is 40.8. The first-order chi connectivity index (χ1) is 25.4. The molecule has 0 aromatic heterocycles. The second kappa shape index (κ2) is 16.6. The average molecular weight is 819 g/mol. The molecule has 4 aromatic carbocycles. The summed E-state index contributed by atoms with van der Waals surface area (Å²) in [6, 6.07) is 18.9. The molecule has 0 saturated heterocycles. The lowest BCUT2D eigenvalue weighted by molar-refractivity contribution is -0.143. The van der Waals surface area contributed by atoms with E-state index in [1.165, 1.54) is 42.5 Å². The molecule has 0 fully saturated rings. The number of halogens is 8. The van der Waals surface area contributed by atoms with Crippen LogP contribution in [0.4, 0.5) is 26.3 Å². The highest BCUT2D eigenvalue weighted by Gasteiger charge is 2.54. The van der Waals surface area contributed by atoms with Gasteiger partial charge in [0.25, 0.3) is 5.91 Å². The van der Waals surface area contributed by atoms with E-state index in [1.807, 2.05) is 0 Å². The molecule has 5 rings (SSSR count). The molecule has 0 bridgehead atoms. The minimum atomic E-state index is -5.10. The van der Waals surface area contributed by atoms with Crippen LogP contribution in [-0.4, -0.2) is 49.8 Å². The molecule has 0 aliphatic carbocycles. The van der Waals surface area contributed by atoms with E-state index in [4.69, 9.17) is 37.8 Å². The van der Waals surface area contributed by atoms with Crippen LogP contribution in [0.25, 0.3) is 0 Å². The molecule has 0 saturated carbocycles. The quantitative estimate of drug-likeness (QED) is 0.0676. The van der Waals surface area contributed by atoms with Crippen molar-refractivity contribution in [3.05, 3.63) is 129 Å². The predicted molar refractivity (Wildman–Crippen MR) is 188 cm³/mol. The number of amides is 1. The third-order valence-corrected chi connectivity index (χ3v) is 10.6. The Hall–Kier alpha value is -4.35. The lowest BCUT2D eigenvalue weighted by Gasteiger charge is -2.31. The largest absolute Gasteiger partial charge is 0.494 e. The second-order valence-electron chi connectivity index (χ2n) is 12.1. The van der Waals surface area contributed by atoms with E-state index in [-0.39, 0.29) is 45.7 Å². The maximum absolute atomic E-state index is 14.4. The SMILES string of the molecule is O=C(NNCc1cc(C(F)(F)F)cc(C(F)(F)F)c1)[C@@]1(CCS(=O)(=O)c2ccccc2)N=C(c2ccc(OCCCO)cc2)O[C@H]1c1ccc(Cl)cc1Cl. The molecule has 3 N–H and O–H groups in total. The van der Waals surface area contributed by atoms with Crippen molar-refractivity contribution in [2.24, 2.45) is 4.99 Å². The van der Waals surface area contributed by atoms with Crippen molar-refractivity contribution in [2.75, 3.05) is 19.0 Å². The molecule has 1 heterocycles. The van der Waals surface area contributed by atoms with E-state index in [2.05, 4.69) is 15.8 Å². The second-order valence-corrected chi connectivity index (χ2v) is 15.0. The lowest BCUT2D eigenvalue weighted by Crippen LogP contribution is -2.53. The van der Waals surface area contributed by atoms with Gasteiger partial charge in [-0.15, -0.1) is 0 Å². The third-order valence-electron chi connectivity index (χ3n) is 8.27. The highest BCUT2D eigenvalue weighted by Crippen LogP contribution is 2.45. The van der Waals surface area contributed by atoms with Crippen molar-refractivity contribution < 1.29 is 54.1 Å². The minimum Gasteiger partial charge on any atom is -0.494 e. The molecule has 1 amide bonds. The topological polar surface area (TPSA) is 126 Å². The van der Waals surface area contributed by atoms with Crippen LogP contribution in [0.15, 0.2) is 101 Å². The summed E-state index contributed by atoms with van der Waals surface area (Å²) in [6.45, 7) is -0.557. The van der Waals surface area contributed by atoms with Gasteiger partial charge in [-0.3, -0.25) is 10.2 Å². The number of carbonyl (C=O) groups excluding carboxylic acids is 1. The summed E-state index contributed by atoms with van der Waals surface area (Å²) in [5.41, 5.74) is -0.544. The van der Waals surface area contributed by atoms with Gasteiger partial charge in [0.1, 0.15) is 5.75 Å². The van der Waals surface area contributed by atoms with Gasteiger partial charge in [0, 0.05) is 47.2 Å². The van der Waals surface area contributed by atoms with Crippen LogP contribution in [0.5, 0.6) is 5.75 Å². The maximum atomic E-state index is 14.4. The number of aliphatic hydroxyl groups excluding tert-OH is 1. The summed E-state index contributed by atoms with van der Waals surface area (Å²) in [5, 5.41) is 9.29. The molecule has 0 spiro atoms. The number of alkyl halides is 6. The zero-order chi connectivity index (χ0) is 39.3. The molecule has 9 nitrogen and oxygen atoms in total. The molecule has 0 radical (unpaired) electrons. The first-order valence-corrected chi connectivity index (χ1v) is 18.5. The molecule has 4 aromatic rings. The smallest absolute Gasteiger partial charge is 0.416 e. The van der Waals surface area contributed by atoms with Crippen molar-refractivity contribution in [2.45, 2.75) is 48.3 Å². The fourth-order valence-corrected chi connectivity index (χ4v) is 7.45. The number of carbonyl (C=O) groups is 1. The number of nitrogens with one attached hydrogen (secondary N) is 2. The van der Waals surface area contributed by atoms with E-state index in [9.17, 15) is 39.6 Å². The lowest BCUT2D eigenvalue weighted by atomic mass is 9.85. The average Bonchev–Trinajstić information content (AvgIpc) is 3.51. The summed E-state index contributed by atoms with van der Waals surface area (Å²) in [7, 11) is -4.07. The van der Waals surface area contributed by atoms with Gasteiger partial charge < -0.3 is 14.6 Å². The molecule has 2 atom stereocenters. The first-order valence-electron chi connectivity index (χ1n) is 16.1. The van der Waals surface area contributed by atoms with Crippen LogP contribution in [-0.2, 0) is 38.3 Å². The van der Waals surface area contributed by atoms with E-state index >= 15 is 0 Å². The number of sulfone groups is 1. The number of aliphatic imine (C=N–C) groups is 1. The van der Waals surface area contributed by atoms with Crippen molar-refractivity contribution in [1.29, 1.82) is 0 Å². The Morgan fingerprint density at radius 2 is 1.56 bits per heavy atom. The Balaban J connectivity index is 1.55. The zero-order valence-electron chi connectivity index (χ0n) is 27.8. The molecule has 288 valence electrons. The highest BCUT2D eigenvalue weighted by atomic mass is 35.5. The number of hydrazine groups is 1. The number of nitrogens with zero attached hydrogens (tertiary/aromatic N) is 1. The van der Waals surface area contributed by atoms with Crippen LogP contribution in [0, 0.1) is 0 Å². The number of rotatable bonds is 14. The Kier molecular flexibility index (Phi) is 12.5. The van der Waals surface area contributed by atoms with Gasteiger partial charge in [-0.2, -0.15) is 26.3 Å². The van der Waals surface area contributed by atoms with Crippen LogP contribution in [0.1, 0.15) is 46.8 Å². The number of benzene rings is 4. The Bertz CT molecular complexity index is 2070. The van der Waals surface area contributed by atoms with Gasteiger partial charge in [-0.25, -0.2) is 18.8 Å². The van der Waals surface area contributed by atoms with Crippen molar-refractivity contribution >= 4 is 44.8 Å². The molecule has 18 heteroatoms. The van der Waals surface area contributed by atoms with Gasteiger partial charge in [-0.05, 0) is 72.3 Å². The van der Waals surface area contributed by atoms with Crippen LogP contribution >= 0.6 is 23.2 Å². The van der Waals surface area contributed by atoms with Crippen LogP contribution in [0.2, 0.25) is 10.0 Å². The fourth-order valence-electron chi connectivity index (χ4n) is 5.55. The summed E-state index contributed by atoms with van der Waals surface area (Å²) in [6.07, 6.45) is -11.8. The van der Waals surface area contributed by atoms with Gasteiger partial charge in [0.15, 0.2) is 21.5 Å². The molecule has 1 aliphatic rings. The van der Waals surface area contributed by atoms with Gasteiger partial charge in [0.2, 0.25) is 5.90 Å². The summed E-state index contributed by atoms with van der Waals surface area (Å²) in [5.74, 6) is -1.38. The van der Waals surface area contributed by atoms with Crippen molar-refractivity contribution in [1.82, 2.24) is 10.9 Å². The number of hydrogen-bond donors (Lipinski definition) is 3. The number of aliphatic hydroxyl groups is 1. The Morgan fingerprint density at radius 1 is 0.907 bits per heavy atom. The third kappa shape index (κ3) is 9.65. The number of ether oxygens (including phenoxy) is 2.